The monoisotopic (exact) mass is 294 g/mol. The molecule has 7 heteroatoms. The summed E-state index contributed by atoms with van der Waals surface area (Å²) in [5.74, 6) is -0.0671. The van der Waals surface area contributed by atoms with E-state index in [-0.39, 0.29) is 22.9 Å². The maximum absolute atomic E-state index is 11.2. The summed E-state index contributed by atoms with van der Waals surface area (Å²) in [4.78, 5) is 0.0115. The van der Waals surface area contributed by atoms with Crippen LogP contribution in [0.4, 0.5) is 5.69 Å². The average Bonchev–Trinajstić information content (AvgIpc) is 2.37. The maximum Gasteiger partial charge on any atom is 0.238 e. The van der Waals surface area contributed by atoms with Crippen LogP contribution >= 0.6 is 0 Å². The van der Waals surface area contributed by atoms with E-state index in [9.17, 15) is 18.6 Å². The van der Waals surface area contributed by atoms with Gasteiger partial charge in [-0.2, -0.15) is 0 Å². The van der Waals surface area contributed by atoms with Crippen LogP contribution in [0.15, 0.2) is 47.4 Å². The number of nitrogens with one attached hydrogen (secondary N) is 1. The van der Waals surface area contributed by atoms with Crippen LogP contribution in [0.1, 0.15) is 5.56 Å². The van der Waals surface area contributed by atoms with E-state index in [2.05, 4.69) is 5.32 Å². The minimum absolute atomic E-state index is 0.0115. The van der Waals surface area contributed by atoms with Crippen molar-refractivity contribution >= 4 is 15.7 Å². The van der Waals surface area contributed by atoms with Gasteiger partial charge >= 0.3 is 0 Å². The Morgan fingerprint density at radius 1 is 1.10 bits per heavy atom. The molecular weight excluding hydrogens is 280 g/mol. The molecule has 6 nitrogen and oxygen atoms in total. The standard InChI is InChI=1S/C13H14N2O4S/c14-20(18,19)12-3-1-2-10(6-12)15-8-9-4-5-11(16)7-13(9)17/h1-7,15-17H,8H2,(H2,14,18,19). The normalized spacial score (nSPS) is 11.2. The van der Waals surface area contributed by atoms with Gasteiger partial charge < -0.3 is 15.5 Å². The predicted molar refractivity (Wildman–Crippen MR) is 74.9 cm³/mol. The Morgan fingerprint density at radius 2 is 1.85 bits per heavy atom. The van der Waals surface area contributed by atoms with Crippen molar-refractivity contribution in [1.29, 1.82) is 0 Å². The third-order valence-corrected chi connectivity index (χ3v) is 3.63. The fourth-order valence-electron chi connectivity index (χ4n) is 1.68. The van der Waals surface area contributed by atoms with Gasteiger partial charge in [0.2, 0.25) is 10.0 Å². The summed E-state index contributed by atoms with van der Waals surface area (Å²) >= 11 is 0. The van der Waals surface area contributed by atoms with E-state index < -0.39 is 10.0 Å². The molecule has 0 saturated heterocycles. The molecular formula is C13H14N2O4S. The molecule has 0 atom stereocenters. The molecule has 0 heterocycles. The number of hydrogen-bond acceptors (Lipinski definition) is 5. The summed E-state index contributed by atoms with van der Waals surface area (Å²) in [6.07, 6.45) is 0. The third kappa shape index (κ3) is 3.40. The van der Waals surface area contributed by atoms with Crippen LogP contribution in [-0.2, 0) is 16.6 Å². The maximum atomic E-state index is 11.2. The molecule has 0 saturated carbocycles. The average molecular weight is 294 g/mol. The summed E-state index contributed by atoms with van der Waals surface area (Å²) in [6, 6.07) is 10.3. The fraction of sp³-hybridized carbons (Fsp3) is 0.0769. The van der Waals surface area contributed by atoms with Gasteiger partial charge in [0.1, 0.15) is 11.5 Å². The van der Waals surface area contributed by atoms with E-state index in [1.807, 2.05) is 0 Å². The molecule has 106 valence electrons. The smallest absolute Gasteiger partial charge is 0.238 e. The van der Waals surface area contributed by atoms with Gasteiger partial charge in [-0.3, -0.25) is 0 Å². The number of phenols is 2. The van der Waals surface area contributed by atoms with Crippen LogP contribution in [0.2, 0.25) is 0 Å². The van der Waals surface area contributed by atoms with Gasteiger partial charge in [0.15, 0.2) is 0 Å². The minimum Gasteiger partial charge on any atom is -0.508 e. The van der Waals surface area contributed by atoms with Crippen LogP contribution < -0.4 is 10.5 Å². The largest absolute Gasteiger partial charge is 0.508 e. The first-order valence-corrected chi connectivity index (χ1v) is 7.28. The molecule has 0 spiro atoms. The van der Waals surface area contributed by atoms with Crippen LogP contribution in [0, 0.1) is 0 Å². The first-order valence-electron chi connectivity index (χ1n) is 5.74. The highest BCUT2D eigenvalue weighted by molar-refractivity contribution is 7.89. The molecule has 0 aliphatic heterocycles. The number of primary sulfonamides is 1. The Labute approximate surface area is 116 Å². The molecule has 2 aromatic rings. The fourth-order valence-corrected chi connectivity index (χ4v) is 2.24. The lowest BCUT2D eigenvalue weighted by Crippen LogP contribution is -2.12. The van der Waals surface area contributed by atoms with Crippen molar-refractivity contribution in [2.45, 2.75) is 11.4 Å². The molecule has 0 amide bonds. The lowest BCUT2D eigenvalue weighted by molar-refractivity contribution is 0.446. The van der Waals surface area contributed by atoms with Crippen molar-refractivity contribution in [2.24, 2.45) is 5.14 Å². The Hall–Kier alpha value is -2.25. The molecule has 0 bridgehead atoms. The summed E-state index contributed by atoms with van der Waals surface area (Å²) in [6.45, 7) is 0.278. The Kier molecular flexibility index (Phi) is 3.82. The summed E-state index contributed by atoms with van der Waals surface area (Å²) in [7, 11) is -3.74. The van der Waals surface area contributed by atoms with Crippen molar-refractivity contribution < 1.29 is 18.6 Å². The van der Waals surface area contributed by atoms with Crippen LogP contribution in [0.5, 0.6) is 11.5 Å². The molecule has 0 aliphatic rings. The molecule has 0 aliphatic carbocycles. The molecule has 2 aromatic carbocycles. The van der Waals surface area contributed by atoms with E-state index in [4.69, 9.17) is 5.14 Å². The quantitative estimate of drug-likeness (QED) is 0.680. The van der Waals surface area contributed by atoms with E-state index in [1.165, 1.54) is 24.3 Å². The number of phenolic OH excluding ortho intramolecular Hbond substituents is 2. The van der Waals surface area contributed by atoms with Gasteiger partial charge in [-0.25, -0.2) is 13.6 Å². The van der Waals surface area contributed by atoms with Crippen molar-refractivity contribution in [3.05, 3.63) is 48.0 Å². The summed E-state index contributed by atoms with van der Waals surface area (Å²) in [5, 5.41) is 26.8. The highest BCUT2D eigenvalue weighted by Gasteiger charge is 2.08. The van der Waals surface area contributed by atoms with Gasteiger partial charge in [0, 0.05) is 23.9 Å². The second-order valence-electron chi connectivity index (χ2n) is 4.24. The molecule has 20 heavy (non-hydrogen) atoms. The highest BCUT2D eigenvalue weighted by Crippen LogP contribution is 2.23. The summed E-state index contributed by atoms with van der Waals surface area (Å²) < 4.78 is 22.5. The third-order valence-electron chi connectivity index (χ3n) is 2.71. The zero-order valence-corrected chi connectivity index (χ0v) is 11.3. The zero-order chi connectivity index (χ0) is 14.8. The Morgan fingerprint density at radius 3 is 2.50 bits per heavy atom. The van der Waals surface area contributed by atoms with E-state index in [0.717, 1.165) is 0 Å². The van der Waals surface area contributed by atoms with E-state index >= 15 is 0 Å². The molecule has 0 fully saturated rings. The highest BCUT2D eigenvalue weighted by atomic mass is 32.2. The molecule has 0 radical (unpaired) electrons. The lowest BCUT2D eigenvalue weighted by Gasteiger charge is -2.09. The molecule has 5 N–H and O–H groups in total. The summed E-state index contributed by atoms with van der Waals surface area (Å²) in [5.41, 5.74) is 1.13. The van der Waals surface area contributed by atoms with Crippen molar-refractivity contribution in [1.82, 2.24) is 0 Å². The van der Waals surface area contributed by atoms with Gasteiger partial charge in [-0.1, -0.05) is 6.07 Å². The first kappa shape index (κ1) is 14.2. The zero-order valence-electron chi connectivity index (χ0n) is 10.4. The molecule has 2 rings (SSSR count). The number of nitrogens with two attached hydrogens (primary N) is 1. The number of hydrogen-bond donors (Lipinski definition) is 4. The lowest BCUT2D eigenvalue weighted by atomic mass is 10.2. The second kappa shape index (κ2) is 5.40. The van der Waals surface area contributed by atoms with E-state index in [0.29, 0.717) is 11.3 Å². The van der Waals surface area contributed by atoms with Crippen molar-refractivity contribution in [3.63, 3.8) is 0 Å². The van der Waals surface area contributed by atoms with Crippen LogP contribution in [-0.4, -0.2) is 18.6 Å². The SMILES string of the molecule is NS(=O)(=O)c1cccc(NCc2ccc(O)cc2O)c1. The van der Waals surface area contributed by atoms with Crippen LogP contribution in [0.25, 0.3) is 0 Å². The Balaban J connectivity index is 2.15. The molecule has 0 aromatic heterocycles. The first-order chi connectivity index (χ1) is 9.36. The number of benzene rings is 2. The number of anilines is 1. The van der Waals surface area contributed by atoms with E-state index in [1.54, 1.807) is 18.2 Å². The van der Waals surface area contributed by atoms with Gasteiger partial charge in [0.25, 0.3) is 0 Å². The van der Waals surface area contributed by atoms with Crippen LogP contribution in [0.3, 0.4) is 0 Å². The van der Waals surface area contributed by atoms with Gasteiger partial charge in [-0.05, 0) is 30.3 Å². The van der Waals surface area contributed by atoms with Gasteiger partial charge in [-0.15, -0.1) is 0 Å². The van der Waals surface area contributed by atoms with Crippen molar-refractivity contribution in [2.75, 3.05) is 5.32 Å². The number of aromatic hydroxyl groups is 2. The van der Waals surface area contributed by atoms with Gasteiger partial charge in [0.05, 0.1) is 4.90 Å². The molecule has 0 unspecified atom stereocenters. The van der Waals surface area contributed by atoms with Crippen molar-refractivity contribution in [3.8, 4) is 11.5 Å². The number of sulfonamides is 1. The second-order valence-corrected chi connectivity index (χ2v) is 5.80. The number of rotatable bonds is 4. The topological polar surface area (TPSA) is 113 Å². The predicted octanol–water partition coefficient (Wildman–Crippen LogP) is 1.36. The Bertz CT molecular complexity index is 729. The minimum atomic E-state index is -3.74.